The van der Waals surface area contributed by atoms with Crippen molar-refractivity contribution in [2.45, 2.75) is 84.3 Å². The molecule has 0 nitrogen and oxygen atoms in total. The summed E-state index contributed by atoms with van der Waals surface area (Å²) in [6.07, 6.45) is 10.5. The number of halogens is 2. The first-order valence-corrected chi connectivity index (χ1v) is 14.5. The van der Waals surface area contributed by atoms with Crippen molar-refractivity contribution in [3.8, 4) is 0 Å². The summed E-state index contributed by atoms with van der Waals surface area (Å²) < 4.78 is 0.879. The van der Waals surface area contributed by atoms with Crippen LogP contribution in [0.15, 0.2) is 47.5 Å². The van der Waals surface area contributed by atoms with E-state index in [2.05, 4.69) is 90.1 Å². The van der Waals surface area contributed by atoms with E-state index in [0.29, 0.717) is 6.25 Å². The van der Waals surface area contributed by atoms with Crippen molar-refractivity contribution in [3.05, 3.63) is 80.9 Å². The second-order valence-corrected chi connectivity index (χ2v) is 17.2. The second-order valence-electron chi connectivity index (χ2n) is 12.4. The largest absolute Gasteiger partial charge is 1.00 e. The Morgan fingerprint density at radius 3 is 1.39 bits per heavy atom. The van der Waals surface area contributed by atoms with Gasteiger partial charge < -0.3 is 24.8 Å². The van der Waals surface area contributed by atoms with Crippen molar-refractivity contribution < 1.29 is 48.0 Å². The van der Waals surface area contributed by atoms with E-state index in [0.717, 1.165) is 0 Å². The van der Waals surface area contributed by atoms with Crippen molar-refractivity contribution in [1.82, 2.24) is 0 Å². The van der Waals surface area contributed by atoms with Crippen molar-refractivity contribution in [2.24, 2.45) is 0 Å². The molecule has 2 spiro atoms. The summed E-state index contributed by atoms with van der Waals surface area (Å²) in [4.78, 5) is 0. The summed E-state index contributed by atoms with van der Waals surface area (Å²) >= 11 is -0.772. The number of benzene rings is 2. The Morgan fingerprint density at radius 1 is 0.636 bits per heavy atom. The topological polar surface area (TPSA) is 0 Å². The van der Waals surface area contributed by atoms with Gasteiger partial charge in [0.1, 0.15) is 0 Å². The molecule has 2 unspecified atom stereocenters. The van der Waals surface area contributed by atoms with Crippen LogP contribution in [0.5, 0.6) is 0 Å². The van der Waals surface area contributed by atoms with Crippen LogP contribution in [-0.2, 0) is 40.3 Å². The van der Waals surface area contributed by atoms with E-state index in [1.54, 1.807) is 33.4 Å². The minimum Gasteiger partial charge on any atom is -1.00 e. The molecule has 2 saturated heterocycles. The molecule has 2 aliphatic carbocycles. The first kappa shape index (κ1) is 25.5. The van der Waals surface area contributed by atoms with Gasteiger partial charge in [0.05, 0.1) is 0 Å². The molecule has 2 atom stereocenters. The molecule has 2 aromatic carbocycles. The molecule has 0 saturated carbocycles. The number of hydrogen-bond donors (Lipinski definition) is 0. The van der Waals surface area contributed by atoms with Crippen LogP contribution in [-0.4, -0.2) is 0 Å². The molecule has 2 aromatic rings. The molecule has 2 bridgehead atoms. The molecule has 172 valence electrons. The summed E-state index contributed by atoms with van der Waals surface area (Å²) in [7, 11) is 0. The predicted octanol–water partition coefficient (Wildman–Crippen LogP) is 1.84. The maximum absolute atomic E-state index is 2.62. The van der Waals surface area contributed by atoms with Gasteiger partial charge in [-0.05, 0) is 0 Å². The zero-order chi connectivity index (χ0) is 21.8. The van der Waals surface area contributed by atoms with Gasteiger partial charge in [-0.2, -0.15) is 0 Å². The SMILES string of the molecule is CC(C)(C)c1ccc2c(c1)C=C1CC[C]34[Zr+2][C]12CCC3=Cc1cc(C(C)(C)C)ccc14.[Cl-].[Cl-]. The first-order chi connectivity index (χ1) is 14.5. The summed E-state index contributed by atoms with van der Waals surface area (Å²) in [5, 5.41) is 0. The van der Waals surface area contributed by atoms with Crippen LogP contribution >= 0.6 is 0 Å². The minimum absolute atomic E-state index is 0. The van der Waals surface area contributed by atoms with Crippen LogP contribution < -0.4 is 24.8 Å². The van der Waals surface area contributed by atoms with Gasteiger partial charge in [0.15, 0.2) is 0 Å². The molecule has 0 N–H and O–H groups in total. The summed E-state index contributed by atoms with van der Waals surface area (Å²) in [6.45, 7) is 14.0. The third kappa shape index (κ3) is 3.55. The second kappa shape index (κ2) is 7.95. The van der Waals surface area contributed by atoms with Gasteiger partial charge in [0.2, 0.25) is 0 Å². The third-order valence-electron chi connectivity index (χ3n) is 8.48. The van der Waals surface area contributed by atoms with Gasteiger partial charge >= 0.3 is 201 Å². The number of hydrogen-bond acceptors (Lipinski definition) is 0. The summed E-state index contributed by atoms with van der Waals surface area (Å²) in [5.41, 5.74) is 13.5. The van der Waals surface area contributed by atoms with Crippen LogP contribution in [0.2, 0.25) is 0 Å². The van der Waals surface area contributed by atoms with Crippen LogP contribution in [0.3, 0.4) is 0 Å². The normalized spacial score (nSPS) is 26.1. The van der Waals surface area contributed by atoms with E-state index >= 15 is 0 Å². The summed E-state index contributed by atoms with van der Waals surface area (Å²) in [5.74, 6) is 0. The monoisotopic (exact) mass is 554 g/mol. The Balaban J connectivity index is 0.00000130. The molecule has 0 amide bonds. The van der Waals surface area contributed by atoms with Crippen molar-refractivity contribution in [2.75, 3.05) is 0 Å². The molecule has 2 aliphatic heterocycles. The Morgan fingerprint density at radius 2 is 1.03 bits per heavy atom. The zero-order valence-electron chi connectivity index (χ0n) is 20.7. The molecule has 2 heterocycles. The van der Waals surface area contributed by atoms with Crippen molar-refractivity contribution in [1.29, 1.82) is 0 Å². The average Bonchev–Trinajstić information content (AvgIpc) is 3.17. The first-order valence-electron chi connectivity index (χ1n) is 12.0. The molecule has 0 radical (unpaired) electrons. The maximum Gasteiger partial charge on any atom is -1.00 e. The third-order valence-corrected chi connectivity index (χ3v) is 14.7. The standard InChI is InChI=1S/C30H34.2ClH.Zr/c1-29(2,3)23-9-13-27-21(17-23)15-19-7-12-26-20(8-11-25(19)27)16-22-18-24(30(4,5)6)10-14-28(22)26;;;/h9-10,13-18H,7-8,11-12H2,1-6H3;2*1H;/q;;;+2/p-2. The Bertz CT molecular complexity index is 1100. The quantitative estimate of drug-likeness (QED) is 0.465. The van der Waals surface area contributed by atoms with Crippen LogP contribution in [0.4, 0.5) is 0 Å². The van der Waals surface area contributed by atoms with Crippen molar-refractivity contribution >= 4 is 12.2 Å². The smallest absolute Gasteiger partial charge is 1.00 e. The van der Waals surface area contributed by atoms with E-state index in [1.807, 2.05) is 0 Å². The number of allylic oxidation sites excluding steroid dienone is 2. The van der Waals surface area contributed by atoms with E-state index < -0.39 is 23.2 Å². The van der Waals surface area contributed by atoms with Gasteiger partial charge in [-0.1, -0.05) is 0 Å². The van der Waals surface area contributed by atoms with Gasteiger partial charge in [0.25, 0.3) is 0 Å². The Labute approximate surface area is 224 Å². The maximum atomic E-state index is 2.62. The number of rotatable bonds is 0. The fraction of sp³-hybridized carbons (Fsp3) is 0.467. The molecule has 33 heavy (non-hydrogen) atoms. The van der Waals surface area contributed by atoms with E-state index in [-0.39, 0.29) is 35.6 Å². The van der Waals surface area contributed by atoms with E-state index in [1.165, 1.54) is 36.8 Å². The van der Waals surface area contributed by atoms with Crippen LogP contribution in [0.1, 0.15) is 101 Å². The molecule has 2 fully saturated rings. The van der Waals surface area contributed by atoms with Crippen molar-refractivity contribution in [3.63, 3.8) is 0 Å². The minimum atomic E-state index is -0.772. The fourth-order valence-electron chi connectivity index (χ4n) is 6.63. The Kier molecular flexibility index (Phi) is 6.13. The van der Waals surface area contributed by atoms with Crippen LogP contribution in [0.25, 0.3) is 12.2 Å². The van der Waals surface area contributed by atoms with E-state index in [4.69, 9.17) is 0 Å². The number of fused-ring (bicyclic) bond motifs is 2. The van der Waals surface area contributed by atoms with Gasteiger partial charge in [-0.15, -0.1) is 0 Å². The zero-order valence-corrected chi connectivity index (χ0v) is 24.7. The average molecular weight is 557 g/mol. The predicted molar refractivity (Wildman–Crippen MR) is 128 cm³/mol. The molecular formula is C30H34Cl2Zr. The molecule has 4 aliphatic rings. The summed E-state index contributed by atoms with van der Waals surface area (Å²) in [6, 6.07) is 15.0. The fourth-order valence-corrected chi connectivity index (χ4v) is 13.2. The van der Waals surface area contributed by atoms with Gasteiger partial charge in [-0.3, -0.25) is 0 Å². The Hall–Kier alpha value is -0.617. The van der Waals surface area contributed by atoms with Crippen LogP contribution in [0, 0.1) is 0 Å². The molecule has 6 rings (SSSR count). The molecule has 3 heteroatoms. The molecule has 0 aromatic heterocycles. The van der Waals surface area contributed by atoms with Gasteiger partial charge in [0, 0.05) is 0 Å². The van der Waals surface area contributed by atoms with Gasteiger partial charge in [-0.25, -0.2) is 0 Å². The molecular weight excluding hydrogens is 522 g/mol. The van der Waals surface area contributed by atoms with E-state index in [9.17, 15) is 0 Å².